The first-order valence-electron chi connectivity index (χ1n) is 4.79. The molecule has 15 heavy (non-hydrogen) atoms. The first-order valence-corrected chi connectivity index (χ1v) is 4.79. The van der Waals surface area contributed by atoms with Gasteiger partial charge in [0, 0.05) is 12.2 Å². The molecule has 0 N–H and O–H groups in total. The number of carbonyl (C=O) groups excluding carboxylic acids is 2. The van der Waals surface area contributed by atoms with Crippen LogP contribution in [0.3, 0.4) is 0 Å². The Labute approximate surface area is 89.6 Å². The lowest BCUT2D eigenvalue weighted by molar-refractivity contribution is -0.138. The van der Waals surface area contributed by atoms with Crippen molar-refractivity contribution in [2.24, 2.45) is 0 Å². The fourth-order valence-electron chi connectivity index (χ4n) is 0.844. The summed E-state index contributed by atoms with van der Waals surface area (Å²) in [6.07, 6.45) is 4.61. The summed E-state index contributed by atoms with van der Waals surface area (Å²) in [5.74, 6) is -0.818. The Morgan fingerprint density at radius 1 is 0.867 bits per heavy atom. The molecule has 0 rings (SSSR count). The molecule has 0 amide bonds. The normalized spacial score (nSPS) is 9.07. The first kappa shape index (κ1) is 13.4. The van der Waals surface area contributed by atoms with E-state index in [1.165, 1.54) is 0 Å². The van der Waals surface area contributed by atoms with E-state index in [4.69, 9.17) is 9.47 Å². The van der Waals surface area contributed by atoms with E-state index in [0.29, 0.717) is 13.2 Å². The molecule has 0 radical (unpaired) electrons. The van der Waals surface area contributed by atoms with Crippen LogP contribution in [0.1, 0.15) is 19.3 Å². The standard InChI is InChI=1S/C11H16O4/c1-3-10(12)14-8-6-5-7-9-15-11(13)4-2/h3-4H,1-2,5-9H2. The van der Waals surface area contributed by atoms with Crippen LogP contribution in [-0.4, -0.2) is 25.2 Å². The van der Waals surface area contributed by atoms with Crippen molar-refractivity contribution in [1.29, 1.82) is 0 Å². The highest BCUT2D eigenvalue weighted by Crippen LogP contribution is 1.97. The SMILES string of the molecule is C=CC(=O)OCCCCCOC(=O)C=C. The molecule has 0 spiro atoms. The molecule has 0 unspecified atom stereocenters. The summed E-state index contributed by atoms with van der Waals surface area (Å²) in [7, 11) is 0. The third kappa shape index (κ3) is 8.74. The molecule has 0 aromatic rings. The molecule has 0 heterocycles. The molecule has 0 bridgehead atoms. The summed E-state index contributed by atoms with van der Waals surface area (Å²) >= 11 is 0. The van der Waals surface area contributed by atoms with Crippen LogP contribution in [-0.2, 0) is 19.1 Å². The molecule has 0 saturated carbocycles. The summed E-state index contributed by atoms with van der Waals surface area (Å²) in [4.78, 5) is 21.2. The van der Waals surface area contributed by atoms with Crippen LogP contribution in [0.5, 0.6) is 0 Å². The second-order valence-corrected chi connectivity index (χ2v) is 2.80. The summed E-state index contributed by atoms with van der Waals surface area (Å²) in [5.41, 5.74) is 0. The average Bonchev–Trinajstić information content (AvgIpc) is 2.26. The molecule has 0 fully saturated rings. The topological polar surface area (TPSA) is 52.6 Å². The largest absolute Gasteiger partial charge is 0.463 e. The van der Waals surface area contributed by atoms with Gasteiger partial charge < -0.3 is 9.47 Å². The van der Waals surface area contributed by atoms with E-state index in [9.17, 15) is 9.59 Å². The number of hydrogen-bond donors (Lipinski definition) is 0. The van der Waals surface area contributed by atoms with Gasteiger partial charge in [-0.3, -0.25) is 0 Å². The van der Waals surface area contributed by atoms with E-state index in [1.54, 1.807) is 0 Å². The molecule has 0 aliphatic carbocycles. The summed E-state index contributed by atoms with van der Waals surface area (Å²) in [6.45, 7) is 7.30. The van der Waals surface area contributed by atoms with Crippen molar-refractivity contribution in [3.05, 3.63) is 25.3 Å². The monoisotopic (exact) mass is 212 g/mol. The van der Waals surface area contributed by atoms with E-state index >= 15 is 0 Å². The van der Waals surface area contributed by atoms with Gasteiger partial charge in [-0.1, -0.05) is 13.2 Å². The van der Waals surface area contributed by atoms with Gasteiger partial charge >= 0.3 is 11.9 Å². The van der Waals surface area contributed by atoms with Crippen molar-refractivity contribution in [2.45, 2.75) is 19.3 Å². The van der Waals surface area contributed by atoms with Crippen LogP contribution >= 0.6 is 0 Å². The van der Waals surface area contributed by atoms with E-state index in [1.807, 2.05) is 0 Å². The lowest BCUT2D eigenvalue weighted by atomic mass is 10.2. The Morgan fingerprint density at radius 3 is 1.60 bits per heavy atom. The Bertz CT molecular complexity index is 209. The van der Waals surface area contributed by atoms with Crippen molar-refractivity contribution >= 4 is 11.9 Å². The van der Waals surface area contributed by atoms with Crippen LogP contribution < -0.4 is 0 Å². The maximum absolute atomic E-state index is 10.6. The number of hydrogen-bond acceptors (Lipinski definition) is 4. The van der Waals surface area contributed by atoms with Gasteiger partial charge in [-0.15, -0.1) is 0 Å². The van der Waals surface area contributed by atoms with Gasteiger partial charge in [0.1, 0.15) is 0 Å². The van der Waals surface area contributed by atoms with Crippen molar-refractivity contribution in [2.75, 3.05) is 13.2 Å². The van der Waals surface area contributed by atoms with Crippen LogP contribution in [0.2, 0.25) is 0 Å². The minimum absolute atomic E-state index is 0.375. The van der Waals surface area contributed by atoms with Crippen molar-refractivity contribution in [3.63, 3.8) is 0 Å². The Morgan fingerprint density at radius 2 is 1.27 bits per heavy atom. The van der Waals surface area contributed by atoms with E-state index in [-0.39, 0.29) is 0 Å². The molecule has 0 aliphatic heterocycles. The number of rotatable bonds is 8. The van der Waals surface area contributed by atoms with E-state index in [0.717, 1.165) is 31.4 Å². The molecule has 0 atom stereocenters. The average molecular weight is 212 g/mol. The molecular weight excluding hydrogens is 196 g/mol. The first-order chi connectivity index (χ1) is 7.20. The molecule has 0 saturated heterocycles. The maximum atomic E-state index is 10.6. The molecule has 0 aromatic heterocycles. The van der Waals surface area contributed by atoms with Crippen molar-refractivity contribution in [3.8, 4) is 0 Å². The summed E-state index contributed by atoms with van der Waals surface area (Å²) in [5, 5.41) is 0. The number of esters is 2. The van der Waals surface area contributed by atoms with Crippen molar-refractivity contribution < 1.29 is 19.1 Å². The minimum atomic E-state index is -0.409. The zero-order valence-electron chi connectivity index (χ0n) is 8.74. The molecule has 0 aromatic carbocycles. The smallest absolute Gasteiger partial charge is 0.330 e. The number of ether oxygens (including phenoxy) is 2. The summed E-state index contributed by atoms with van der Waals surface area (Å²) in [6, 6.07) is 0. The van der Waals surface area contributed by atoms with E-state index < -0.39 is 11.9 Å². The zero-order chi connectivity index (χ0) is 11.5. The lowest BCUT2D eigenvalue weighted by Crippen LogP contribution is -2.04. The van der Waals surface area contributed by atoms with Crippen LogP contribution in [0, 0.1) is 0 Å². The van der Waals surface area contributed by atoms with E-state index in [2.05, 4.69) is 13.2 Å². The Hall–Kier alpha value is -1.58. The Kier molecular flexibility index (Phi) is 8.05. The predicted molar refractivity (Wildman–Crippen MR) is 56.2 cm³/mol. The predicted octanol–water partition coefficient (Wildman–Crippen LogP) is 1.62. The third-order valence-electron chi connectivity index (χ3n) is 1.61. The maximum Gasteiger partial charge on any atom is 0.330 e. The second-order valence-electron chi connectivity index (χ2n) is 2.80. The highest BCUT2D eigenvalue weighted by Gasteiger charge is 1.97. The molecule has 4 heteroatoms. The van der Waals surface area contributed by atoms with Gasteiger partial charge in [0.25, 0.3) is 0 Å². The van der Waals surface area contributed by atoms with Gasteiger partial charge in [0.05, 0.1) is 13.2 Å². The molecule has 0 aliphatic rings. The zero-order valence-corrected chi connectivity index (χ0v) is 8.74. The molecule has 4 nitrogen and oxygen atoms in total. The summed E-state index contributed by atoms with van der Waals surface area (Å²) < 4.78 is 9.52. The molecular formula is C11H16O4. The number of unbranched alkanes of at least 4 members (excludes halogenated alkanes) is 2. The van der Waals surface area contributed by atoms with Crippen LogP contribution in [0.25, 0.3) is 0 Å². The van der Waals surface area contributed by atoms with Gasteiger partial charge in [-0.2, -0.15) is 0 Å². The highest BCUT2D eigenvalue weighted by atomic mass is 16.5. The van der Waals surface area contributed by atoms with Crippen molar-refractivity contribution in [1.82, 2.24) is 0 Å². The van der Waals surface area contributed by atoms with Crippen LogP contribution in [0.4, 0.5) is 0 Å². The third-order valence-corrected chi connectivity index (χ3v) is 1.61. The minimum Gasteiger partial charge on any atom is -0.463 e. The lowest BCUT2D eigenvalue weighted by Gasteiger charge is -2.02. The quantitative estimate of drug-likeness (QED) is 0.348. The van der Waals surface area contributed by atoms with Crippen LogP contribution in [0.15, 0.2) is 25.3 Å². The second kappa shape index (κ2) is 8.99. The number of carbonyl (C=O) groups is 2. The van der Waals surface area contributed by atoms with Gasteiger partial charge in [-0.05, 0) is 19.3 Å². The molecule has 84 valence electrons. The van der Waals surface area contributed by atoms with Gasteiger partial charge in [-0.25, -0.2) is 9.59 Å². The van der Waals surface area contributed by atoms with Gasteiger partial charge in [0.2, 0.25) is 0 Å². The fourth-order valence-corrected chi connectivity index (χ4v) is 0.844. The fraction of sp³-hybridized carbons (Fsp3) is 0.455. The van der Waals surface area contributed by atoms with Gasteiger partial charge in [0.15, 0.2) is 0 Å². The highest BCUT2D eigenvalue weighted by molar-refractivity contribution is 5.81. The Balaban J connectivity index is 3.18.